The molecule has 0 fully saturated rings. The molecule has 1 aromatic heterocycles. The van der Waals surface area contributed by atoms with E-state index in [1.54, 1.807) is 0 Å². The largest absolute Gasteiger partial charge is 0.309 e. The van der Waals surface area contributed by atoms with Crippen LogP contribution in [-0.4, -0.2) is 4.57 Å². The van der Waals surface area contributed by atoms with Gasteiger partial charge < -0.3 is 4.57 Å². The first-order valence-corrected chi connectivity index (χ1v) is 24.7. The summed E-state index contributed by atoms with van der Waals surface area (Å²) < 4.78 is 2.55. The Hall–Kier alpha value is -8.00. The summed E-state index contributed by atoms with van der Waals surface area (Å²) in [4.78, 5) is 0. The smallest absolute Gasteiger partial charge is 0.0760 e. The SMILES string of the molecule is CC1(C)c2ccccc2-c2ccc(C(c3ccccc3-c3cccc4c3C3(c5ccccc5-4)c4ccccc4-n4c5ccccc5c5cccc3c54)c3cccc4c3-c3ccccc3C4(C)C)cc21. The van der Waals surface area contributed by atoms with Crippen LogP contribution in [0.1, 0.15) is 94.8 Å². The van der Waals surface area contributed by atoms with Crippen molar-refractivity contribution in [3.63, 3.8) is 0 Å². The molecule has 1 nitrogen and oxygen atoms in total. The summed E-state index contributed by atoms with van der Waals surface area (Å²) in [7, 11) is 0. The molecular formula is C68H49N. The molecule has 0 saturated carbocycles. The quantitative estimate of drug-likeness (QED) is 0.155. The Morgan fingerprint density at radius 1 is 0.348 bits per heavy atom. The highest BCUT2D eigenvalue weighted by Gasteiger charge is 2.52. The van der Waals surface area contributed by atoms with E-state index in [1.807, 2.05) is 0 Å². The molecule has 3 aliphatic carbocycles. The minimum absolute atomic E-state index is 0.0805. The van der Waals surface area contributed by atoms with Crippen molar-refractivity contribution in [1.29, 1.82) is 0 Å². The Morgan fingerprint density at radius 2 is 0.855 bits per heavy atom. The van der Waals surface area contributed by atoms with Crippen LogP contribution in [-0.2, 0) is 16.2 Å². The van der Waals surface area contributed by atoms with E-state index < -0.39 is 5.41 Å². The lowest BCUT2D eigenvalue weighted by Gasteiger charge is -2.40. The molecule has 2 atom stereocenters. The number of aromatic nitrogens is 1. The Balaban J connectivity index is 1.05. The lowest BCUT2D eigenvalue weighted by molar-refractivity contribution is 0.658. The maximum absolute atomic E-state index is 2.58. The van der Waals surface area contributed by atoms with Gasteiger partial charge in [-0.05, 0) is 118 Å². The van der Waals surface area contributed by atoms with Crippen molar-refractivity contribution in [2.75, 3.05) is 0 Å². The van der Waals surface area contributed by atoms with Crippen LogP contribution >= 0.6 is 0 Å². The van der Waals surface area contributed by atoms with E-state index in [-0.39, 0.29) is 16.7 Å². The topological polar surface area (TPSA) is 4.93 Å². The lowest BCUT2D eigenvalue weighted by atomic mass is 9.63. The van der Waals surface area contributed by atoms with Crippen molar-refractivity contribution >= 4 is 21.8 Å². The molecule has 2 heterocycles. The highest BCUT2D eigenvalue weighted by Crippen LogP contribution is 2.64. The van der Waals surface area contributed by atoms with Crippen LogP contribution in [0.5, 0.6) is 0 Å². The van der Waals surface area contributed by atoms with E-state index in [2.05, 4.69) is 251 Å². The Labute approximate surface area is 404 Å². The molecule has 1 heteroatoms. The van der Waals surface area contributed by atoms with Gasteiger partial charge in [-0.2, -0.15) is 0 Å². The van der Waals surface area contributed by atoms with E-state index in [0.29, 0.717) is 0 Å². The second kappa shape index (κ2) is 13.6. The Morgan fingerprint density at radius 3 is 1.67 bits per heavy atom. The van der Waals surface area contributed by atoms with E-state index in [9.17, 15) is 0 Å². The first kappa shape index (κ1) is 39.0. The maximum atomic E-state index is 2.58. The third-order valence-electron chi connectivity index (χ3n) is 17.2. The van der Waals surface area contributed by atoms with Gasteiger partial charge in [0.15, 0.2) is 0 Å². The molecule has 15 rings (SSSR count). The summed E-state index contributed by atoms with van der Waals surface area (Å²) in [6.07, 6.45) is 0. The van der Waals surface area contributed by atoms with E-state index in [0.717, 1.165) is 0 Å². The summed E-state index contributed by atoms with van der Waals surface area (Å²) in [6.45, 7) is 9.64. The zero-order valence-electron chi connectivity index (χ0n) is 39.3. The predicted molar refractivity (Wildman–Crippen MR) is 286 cm³/mol. The predicted octanol–water partition coefficient (Wildman–Crippen LogP) is 16.9. The normalized spacial score (nSPS) is 17.2. The number of rotatable bonds is 4. The monoisotopic (exact) mass is 879 g/mol. The van der Waals surface area contributed by atoms with Crippen LogP contribution in [0.3, 0.4) is 0 Å². The van der Waals surface area contributed by atoms with Gasteiger partial charge in [-0.25, -0.2) is 0 Å². The number of hydrogen-bond acceptors (Lipinski definition) is 0. The van der Waals surface area contributed by atoms with Crippen molar-refractivity contribution in [1.82, 2.24) is 4.57 Å². The van der Waals surface area contributed by atoms with E-state index in [1.165, 1.54) is 133 Å². The molecule has 1 aliphatic heterocycles. The number of fused-ring (bicyclic) bond motifs is 18. The Bertz CT molecular complexity index is 4040. The van der Waals surface area contributed by atoms with Crippen molar-refractivity contribution in [2.24, 2.45) is 0 Å². The van der Waals surface area contributed by atoms with Crippen LogP contribution in [0.25, 0.3) is 72.0 Å². The van der Waals surface area contributed by atoms with Crippen LogP contribution < -0.4 is 0 Å². The molecule has 69 heavy (non-hydrogen) atoms. The van der Waals surface area contributed by atoms with Crippen molar-refractivity contribution in [3.05, 3.63) is 280 Å². The summed E-state index contributed by atoms with van der Waals surface area (Å²) >= 11 is 0. The number of para-hydroxylation sites is 3. The first-order chi connectivity index (χ1) is 33.8. The highest BCUT2D eigenvalue weighted by atomic mass is 15.0. The fourth-order valence-electron chi connectivity index (χ4n) is 14.3. The molecule has 10 aromatic carbocycles. The van der Waals surface area contributed by atoms with Crippen LogP contribution in [0.4, 0.5) is 0 Å². The van der Waals surface area contributed by atoms with Gasteiger partial charge in [0.2, 0.25) is 0 Å². The van der Waals surface area contributed by atoms with Gasteiger partial charge in [-0.1, -0.05) is 234 Å². The van der Waals surface area contributed by atoms with Crippen molar-refractivity contribution in [2.45, 2.75) is 49.9 Å². The van der Waals surface area contributed by atoms with E-state index >= 15 is 0 Å². The van der Waals surface area contributed by atoms with E-state index in [4.69, 9.17) is 0 Å². The zero-order chi connectivity index (χ0) is 46.0. The van der Waals surface area contributed by atoms with Crippen LogP contribution in [0.2, 0.25) is 0 Å². The molecule has 1 spiro atoms. The fraction of sp³-hybridized carbons (Fsp3) is 0.118. The van der Waals surface area contributed by atoms with Gasteiger partial charge in [0.25, 0.3) is 0 Å². The third kappa shape index (κ3) is 4.80. The average molecular weight is 880 g/mol. The summed E-state index contributed by atoms with van der Waals surface area (Å²) in [5.41, 5.74) is 28.5. The highest BCUT2D eigenvalue weighted by molar-refractivity contribution is 6.13. The molecular weight excluding hydrogens is 831 g/mol. The Kier molecular flexibility index (Phi) is 7.69. The molecule has 326 valence electrons. The second-order valence-corrected chi connectivity index (χ2v) is 21.0. The number of nitrogens with zero attached hydrogens (tertiary/aromatic N) is 1. The second-order valence-electron chi connectivity index (χ2n) is 21.0. The van der Waals surface area contributed by atoms with Crippen molar-refractivity contribution < 1.29 is 0 Å². The standard InChI is InChI=1S/C68H49N/c1-66(2)54-31-12-9-25-51(54)63-52(29-19-34-57(63)66)62(41-38-39-45-43-21-7-11-30-53(43)67(3,4)59(45)40-41)47-24-6-5-20-42(47)48-26-17-27-49-44-22-8-13-32-55(44)68(64(48)49)56-33-14-16-37-61(56)69-60-36-15-10-23-46(60)50-28-18-35-58(68)65(50)69/h5-40,62H,1-4H3. The van der Waals surface area contributed by atoms with Crippen molar-refractivity contribution in [3.8, 4) is 50.2 Å². The van der Waals surface area contributed by atoms with Gasteiger partial charge in [0.05, 0.1) is 22.1 Å². The van der Waals surface area contributed by atoms with Gasteiger partial charge in [-0.3, -0.25) is 0 Å². The maximum Gasteiger partial charge on any atom is 0.0760 e. The van der Waals surface area contributed by atoms with Gasteiger partial charge >= 0.3 is 0 Å². The molecule has 0 bridgehead atoms. The van der Waals surface area contributed by atoms with Gasteiger partial charge in [0.1, 0.15) is 0 Å². The molecule has 0 radical (unpaired) electrons. The fourth-order valence-corrected chi connectivity index (χ4v) is 14.3. The molecule has 0 amide bonds. The molecule has 2 unspecified atom stereocenters. The first-order valence-electron chi connectivity index (χ1n) is 24.7. The molecule has 0 N–H and O–H groups in total. The number of benzene rings is 10. The van der Waals surface area contributed by atoms with Gasteiger partial charge in [-0.15, -0.1) is 0 Å². The molecule has 11 aromatic rings. The third-order valence-corrected chi connectivity index (χ3v) is 17.2. The summed E-state index contributed by atoms with van der Waals surface area (Å²) in [5, 5.41) is 2.58. The zero-order valence-corrected chi connectivity index (χ0v) is 39.3. The average Bonchev–Trinajstić information content (AvgIpc) is 4.05. The summed E-state index contributed by atoms with van der Waals surface area (Å²) in [6, 6.07) is 83.9. The van der Waals surface area contributed by atoms with Gasteiger partial charge in [0, 0.05) is 27.5 Å². The molecule has 4 aliphatic rings. The minimum atomic E-state index is -0.591. The van der Waals surface area contributed by atoms with Crippen LogP contribution in [0, 0.1) is 0 Å². The summed E-state index contributed by atoms with van der Waals surface area (Å²) in [5.74, 6) is -0.0805. The minimum Gasteiger partial charge on any atom is -0.309 e. The number of hydrogen-bond donors (Lipinski definition) is 0. The van der Waals surface area contributed by atoms with Crippen LogP contribution in [0.15, 0.2) is 218 Å². The molecule has 0 saturated heterocycles. The lowest BCUT2D eigenvalue weighted by Crippen LogP contribution is -2.34.